The van der Waals surface area contributed by atoms with Crippen LogP contribution in [-0.2, 0) is 14.0 Å². The predicted molar refractivity (Wildman–Crippen MR) is 89.8 cm³/mol. The molecule has 0 aliphatic heterocycles. The van der Waals surface area contributed by atoms with Crippen LogP contribution < -0.4 is 0 Å². The number of esters is 1. The molecule has 1 saturated carbocycles. The van der Waals surface area contributed by atoms with Crippen LogP contribution in [0.5, 0.6) is 0 Å². The minimum absolute atomic E-state index is 0.0557. The second-order valence-corrected chi connectivity index (χ2v) is 12.7. The number of hydrogen-bond donors (Lipinski definition) is 0. The summed E-state index contributed by atoms with van der Waals surface area (Å²) >= 11 is 0. The van der Waals surface area contributed by atoms with Gasteiger partial charge in [0, 0.05) is 0 Å². The normalized spacial score (nSPS) is 26.9. The van der Waals surface area contributed by atoms with Gasteiger partial charge in [0.1, 0.15) is 0 Å². The van der Waals surface area contributed by atoms with Crippen molar-refractivity contribution in [2.45, 2.75) is 84.0 Å². The van der Waals surface area contributed by atoms with Crippen molar-refractivity contribution in [2.24, 2.45) is 11.8 Å². The van der Waals surface area contributed by atoms with Gasteiger partial charge < -0.3 is 9.16 Å². The molecule has 0 N–H and O–H groups in total. The monoisotopic (exact) mass is 314 g/mol. The molecule has 3 nitrogen and oxygen atoms in total. The summed E-state index contributed by atoms with van der Waals surface area (Å²) in [5.41, 5.74) is 0. The highest BCUT2D eigenvalue weighted by molar-refractivity contribution is 6.74. The lowest BCUT2D eigenvalue weighted by atomic mass is 9.90. The smallest absolute Gasteiger partial charge is 0.311 e. The Balaban J connectivity index is 2.83. The molecule has 0 aromatic heterocycles. The molecule has 1 aliphatic carbocycles. The molecule has 21 heavy (non-hydrogen) atoms. The van der Waals surface area contributed by atoms with Gasteiger partial charge in [0.25, 0.3) is 0 Å². The first-order valence-electron chi connectivity index (χ1n) is 8.39. The first-order valence-corrected chi connectivity index (χ1v) is 11.3. The van der Waals surface area contributed by atoms with Crippen molar-refractivity contribution >= 4 is 14.3 Å². The number of methoxy groups -OCH3 is 1. The number of hydrogen-bond acceptors (Lipinski definition) is 3. The number of carbonyl (C=O) groups is 1. The third kappa shape index (κ3) is 4.56. The Labute approximate surface area is 131 Å². The lowest BCUT2D eigenvalue weighted by Crippen LogP contribution is -2.46. The van der Waals surface area contributed by atoms with Crippen LogP contribution in [0.4, 0.5) is 0 Å². The maximum atomic E-state index is 12.2. The molecular weight excluding hydrogens is 280 g/mol. The SMILES string of the molecule is CCCC[C@H]1CC[C@H](O[Si](C)(C)C(C)(C)C)[C@@H]1C(=O)OC. The molecular formula is C17H34O3Si. The van der Waals surface area contributed by atoms with E-state index in [1.807, 2.05) is 0 Å². The van der Waals surface area contributed by atoms with Crippen LogP contribution in [0.1, 0.15) is 59.8 Å². The van der Waals surface area contributed by atoms with Crippen molar-refractivity contribution in [3.8, 4) is 0 Å². The first kappa shape index (κ1) is 18.7. The van der Waals surface area contributed by atoms with Gasteiger partial charge in [0.2, 0.25) is 0 Å². The minimum atomic E-state index is -1.84. The highest BCUT2D eigenvalue weighted by Crippen LogP contribution is 2.44. The first-order chi connectivity index (χ1) is 9.64. The van der Waals surface area contributed by atoms with Gasteiger partial charge in [-0.2, -0.15) is 0 Å². The molecule has 1 fully saturated rings. The summed E-state index contributed by atoms with van der Waals surface area (Å²) < 4.78 is 11.6. The Morgan fingerprint density at radius 3 is 2.33 bits per heavy atom. The Morgan fingerprint density at radius 2 is 1.86 bits per heavy atom. The highest BCUT2D eigenvalue weighted by Gasteiger charge is 2.47. The van der Waals surface area contributed by atoms with Gasteiger partial charge in [-0.1, -0.05) is 40.5 Å². The van der Waals surface area contributed by atoms with Gasteiger partial charge >= 0.3 is 5.97 Å². The zero-order chi connectivity index (χ0) is 16.3. The molecule has 1 aliphatic rings. The highest BCUT2D eigenvalue weighted by atomic mass is 28.4. The largest absolute Gasteiger partial charge is 0.469 e. The Hall–Kier alpha value is -0.353. The van der Waals surface area contributed by atoms with Crippen molar-refractivity contribution < 1.29 is 14.0 Å². The summed E-state index contributed by atoms with van der Waals surface area (Å²) in [5.74, 6) is 0.306. The van der Waals surface area contributed by atoms with Crippen molar-refractivity contribution in [3.05, 3.63) is 0 Å². The Bertz CT molecular complexity index is 346. The second kappa shape index (κ2) is 7.27. The minimum Gasteiger partial charge on any atom is -0.469 e. The van der Waals surface area contributed by atoms with E-state index >= 15 is 0 Å². The van der Waals surface area contributed by atoms with Crippen LogP contribution in [0.2, 0.25) is 18.1 Å². The van der Waals surface area contributed by atoms with E-state index in [2.05, 4.69) is 40.8 Å². The summed E-state index contributed by atoms with van der Waals surface area (Å²) in [6.07, 6.45) is 5.64. The van der Waals surface area contributed by atoms with Crippen molar-refractivity contribution in [2.75, 3.05) is 7.11 Å². The van der Waals surface area contributed by atoms with Crippen LogP contribution in [-0.4, -0.2) is 27.5 Å². The third-order valence-electron chi connectivity index (χ3n) is 5.38. The summed E-state index contributed by atoms with van der Waals surface area (Å²) in [6, 6.07) is 0. The van der Waals surface area contributed by atoms with E-state index in [4.69, 9.17) is 9.16 Å². The zero-order valence-corrected chi connectivity index (χ0v) is 16.0. The van der Waals surface area contributed by atoms with Crippen LogP contribution >= 0.6 is 0 Å². The van der Waals surface area contributed by atoms with Gasteiger partial charge in [-0.05, 0) is 43.3 Å². The van der Waals surface area contributed by atoms with Gasteiger partial charge in [-0.3, -0.25) is 4.79 Å². The van der Waals surface area contributed by atoms with Crippen LogP contribution in [0.3, 0.4) is 0 Å². The van der Waals surface area contributed by atoms with Crippen molar-refractivity contribution in [1.82, 2.24) is 0 Å². The maximum absolute atomic E-state index is 12.2. The van der Waals surface area contributed by atoms with Gasteiger partial charge in [-0.25, -0.2) is 0 Å². The number of rotatable bonds is 6. The fourth-order valence-electron chi connectivity index (χ4n) is 3.00. The number of carbonyl (C=O) groups excluding carboxylic acids is 1. The molecule has 124 valence electrons. The molecule has 0 saturated heterocycles. The Morgan fingerprint density at radius 1 is 1.24 bits per heavy atom. The van der Waals surface area contributed by atoms with Gasteiger partial charge in [-0.15, -0.1) is 0 Å². The molecule has 0 amide bonds. The standard InChI is InChI=1S/C17H34O3Si/c1-8-9-10-13-11-12-14(15(13)16(18)19-5)20-21(6,7)17(2,3)4/h13-15H,8-12H2,1-7H3/t13-,14-,15+/m0/s1. The summed E-state index contributed by atoms with van der Waals surface area (Å²) in [7, 11) is -0.338. The fourth-order valence-corrected chi connectivity index (χ4v) is 4.37. The fraction of sp³-hybridized carbons (Fsp3) is 0.941. The quantitative estimate of drug-likeness (QED) is 0.523. The molecule has 0 radical (unpaired) electrons. The van der Waals surface area contributed by atoms with E-state index < -0.39 is 8.32 Å². The van der Waals surface area contributed by atoms with Gasteiger partial charge in [0.05, 0.1) is 19.1 Å². The topological polar surface area (TPSA) is 35.5 Å². The molecule has 0 aromatic rings. The molecule has 0 heterocycles. The molecule has 4 heteroatoms. The molecule has 0 unspecified atom stereocenters. The van der Waals surface area contributed by atoms with E-state index in [1.54, 1.807) is 0 Å². The van der Waals surface area contributed by atoms with E-state index in [1.165, 1.54) is 20.0 Å². The lowest BCUT2D eigenvalue weighted by molar-refractivity contribution is -0.149. The molecule has 1 rings (SSSR count). The molecule has 0 spiro atoms. The molecule has 3 atom stereocenters. The summed E-state index contributed by atoms with van der Waals surface area (Å²) in [6.45, 7) is 13.5. The van der Waals surface area contributed by atoms with Crippen molar-refractivity contribution in [3.63, 3.8) is 0 Å². The second-order valence-electron chi connectivity index (χ2n) is 7.95. The van der Waals surface area contributed by atoms with E-state index in [-0.39, 0.29) is 23.0 Å². The van der Waals surface area contributed by atoms with Crippen molar-refractivity contribution in [1.29, 1.82) is 0 Å². The Kier molecular flexibility index (Phi) is 6.48. The lowest BCUT2D eigenvalue weighted by Gasteiger charge is -2.39. The molecule has 0 aromatic carbocycles. The number of ether oxygens (including phenoxy) is 1. The zero-order valence-electron chi connectivity index (χ0n) is 15.0. The van der Waals surface area contributed by atoms with Gasteiger partial charge in [0.15, 0.2) is 8.32 Å². The van der Waals surface area contributed by atoms with Crippen LogP contribution in [0.25, 0.3) is 0 Å². The summed E-state index contributed by atoms with van der Waals surface area (Å²) in [5, 5.41) is 0.176. The van der Waals surface area contributed by atoms with Crippen LogP contribution in [0.15, 0.2) is 0 Å². The average Bonchev–Trinajstić information content (AvgIpc) is 2.76. The van der Waals surface area contributed by atoms with E-state index in [9.17, 15) is 4.79 Å². The average molecular weight is 315 g/mol. The number of unbranched alkanes of at least 4 members (excludes halogenated alkanes) is 1. The molecule has 0 bridgehead atoms. The predicted octanol–water partition coefficient (Wildman–Crippen LogP) is 4.77. The van der Waals surface area contributed by atoms with Crippen LogP contribution in [0, 0.1) is 11.8 Å². The summed E-state index contributed by atoms with van der Waals surface area (Å²) in [4.78, 5) is 12.2. The van der Waals surface area contributed by atoms with E-state index in [0.717, 1.165) is 19.3 Å². The maximum Gasteiger partial charge on any atom is 0.311 e. The van der Waals surface area contributed by atoms with E-state index in [0.29, 0.717) is 5.92 Å². The third-order valence-corrected chi connectivity index (χ3v) is 9.89.